The first-order chi connectivity index (χ1) is 13.5. The van der Waals surface area contributed by atoms with Gasteiger partial charge in [0, 0.05) is 30.7 Å². The molecule has 7 heteroatoms. The molecule has 2 N–H and O–H groups in total. The number of carbonyl (C=O) groups excluding carboxylic acids is 2. The van der Waals surface area contributed by atoms with E-state index in [4.69, 9.17) is 4.74 Å². The molecule has 2 heterocycles. The Morgan fingerprint density at radius 3 is 2.41 bits per heavy atom. The molecule has 2 aliphatic rings. The van der Waals surface area contributed by atoms with E-state index in [1.807, 2.05) is 30.9 Å². The van der Waals surface area contributed by atoms with Crippen molar-refractivity contribution in [1.82, 2.24) is 15.5 Å². The number of rotatable bonds is 5. The molecule has 6 nitrogen and oxygen atoms in total. The van der Waals surface area contributed by atoms with Gasteiger partial charge >= 0.3 is 0 Å². The summed E-state index contributed by atoms with van der Waals surface area (Å²) in [6.07, 6.45) is 5.41. The van der Waals surface area contributed by atoms with Crippen LogP contribution in [0.5, 0.6) is 5.75 Å². The van der Waals surface area contributed by atoms with Crippen LogP contribution >= 0.6 is 12.4 Å². The van der Waals surface area contributed by atoms with E-state index < -0.39 is 0 Å². The summed E-state index contributed by atoms with van der Waals surface area (Å²) >= 11 is 0. The number of nitrogens with one attached hydrogen (secondary N) is 2. The van der Waals surface area contributed by atoms with Crippen molar-refractivity contribution in [2.75, 3.05) is 26.2 Å². The molecule has 0 aliphatic carbocycles. The Morgan fingerprint density at radius 1 is 1.14 bits per heavy atom. The topological polar surface area (TPSA) is 70.7 Å². The molecule has 2 saturated heterocycles. The van der Waals surface area contributed by atoms with Crippen molar-refractivity contribution in [3.63, 3.8) is 0 Å². The fourth-order valence-corrected chi connectivity index (χ4v) is 4.17. The van der Waals surface area contributed by atoms with Gasteiger partial charge in [0.25, 0.3) is 11.8 Å². The van der Waals surface area contributed by atoms with Crippen LogP contribution in [-0.2, 0) is 4.79 Å². The highest BCUT2D eigenvalue weighted by molar-refractivity contribution is 5.95. The summed E-state index contributed by atoms with van der Waals surface area (Å²) in [5.74, 6) is 0.691. The van der Waals surface area contributed by atoms with Crippen LogP contribution in [0, 0.1) is 13.8 Å². The van der Waals surface area contributed by atoms with E-state index in [0.29, 0.717) is 11.3 Å². The molecular weight excluding hydrogens is 390 g/mol. The summed E-state index contributed by atoms with van der Waals surface area (Å²) < 4.78 is 5.85. The van der Waals surface area contributed by atoms with E-state index in [2.05, 4.69) is 17.6 Å². The highest BCUT2D eigenvalue weighted by Gasteiger charge is 2.24. The van der Waals surface area contributed by atoms with Crippen LogP contribution in [0.1, 0.15) is 60.5 Å². The molecule has 0 radical (unpaired) electrons. The van der Waals surface area contributed by atoms with Crippen molar-refractivity contribution in [3.8, 4) is 5.75 Å². The lowest BCUT2D eigenvalue weighted by Crippen LogP contribution is -2.51. The predicted molar refractivity (Wildman–Crippen MR) is 117 cm³/mol. The summed E-state index contributed by atoms with van der Waals surface area (Å²) in [5, 5.41) is 6.55. The Morgan fingerprint density at radius 2 is 1.79 bits per heavy atom. The van der Waals surface area contributed by atoms with E-state index in [1.54, 1.807) is 0 Å². The first kappa shape index (κ1) is 23.5. The van der Waals surface area contributed by atoms with E-state index >= 15 is 0 Å². The fraction of sp³-hybridized carbons (Fsp3) is 0.636. The number of carbonyl (C=O) groups is 2. The zero-order valence-electron chi connectivity index (χ0n) is 17.8. The zero-order chi connectivity index (χ0) is 20.1. The average Bonchev–Trinajstić information content (AvgIpc) is 2.69. The summed E-state index contributed by atoms with van der Waals surface area (Å²) in [4.78, 5) is 26.9. The third-order valence-electron chi connectivity index (χ3n) is 5.85. The van der Waals surface area contributed by atoms with Gasteiger partial charge < -0.3 is 20.3 Å². The highest BCUT2D eigenvalue weighted by Crippen LogP contribution is 2.25. The molecule has 3 rings (SSSR count). The van der Waals surface area contributed by atoms with Crippen LogP contribution in [0.2, 0.25) is 0 Å². The van der Waals surface area contributed by atoms with Gasteiger partial charge in [-0.05, 0) is 82.7 Å². The van der Waals surface area contributed by atoms with E-state index in [-0.39, 0.29) is 42.9 Å². The number of halogens is 1. The molecule has 0 aromatic heterocycles. The number of aryl methyl sites for hydroxylation is 2. The highest BCUT2D eigenvalue weighted by atomic mass is 35.5. The lowest BCUT2D eigenvalue weighted by molar-refractivity contribution is -0.134. The van der Waals surface area contributed by atoms with Crippen LogP contribution < -0.4 is 15.4 Å². The van der Waals surface area contributed by atoms with Gasteiger partial charge in [0.05, 0.1) is 0 Å². The minimum atomic E-state index is -0.0531. The van der Waals surface area contributed by atoms with E-state index in [9.17, 15) is 9.59 Å². The Bertz CT molecular complexity index is 696. The summed E-state index contributed by atoms with van der Waals surface area (Å²) in [6, 6.07) is 4.14. The van der Waals surface area contributed by atoms with Gasteiger partial charge in [-0.3, -0.25) is 9.59 Å². The van der Waals surface area contributed by atoms with Crippen molar-refractivity contribution >= 4 is 24.2 Å². The summed E-state index contributed by atoms with van der Waals surface area (Å²) in [5.41, 5.74) is 2.40. The third-order valence-corrected chi connectivity index (χ3v) is 5.85. The molecule has 2 fully saturated rings. The Balaban J connectivity index is 0.00000300. The van der Waals surface area contributed by atoms with Gasteiger partial charge in [0.1, 0.15) is 5.75 Å². The second-order valence-corrected chi connectivity index (χ2v) is 8.13. The Kier molecular flexibility index (Phi) is 8.78. The van der Waals surface area contributed by atoms with Gasteiger partial charge in [-0.2, -0.15) is 0 Å². The van der Waals surface area contributed by atoms with Crippen molar-refractivity contribution in [1.29, 1.82) is 0 Å². The molecular formula is C22H34ClN3O3. The molecule has 162 valence electrons. The molecule has 1 aromatic carbocycles. The summed E-state index contributed by atoms with van der Waals surface area (Å²) in [7, 11) is 0. The lowest BCUT2D eigenvalue weighted by atomic mass is 9.99. The number of likely N-dealkylation sites (tertiary alicyclic amines) is 1. The number of benzene rings is 1. The molecule has 2 amide bonds. The second-order valence-electron chi connectivity index (χ2n) is 8.13. The monoisotopic (exact) mass is 423 g/mol. The second kappa shape index (κ2) is 10.8. The minimum absolute atomic E-state index is 0. The number of hydrogen-bond donors (Lipinski definition) is 2. The molecule has 1 aromatic rings. The van der Waals surface area contributed by atoms with Crippen LogP contribution in [0.25, 0.3) is 0 Å². The lowest BCUT2D eigenvalue weighted by Gasteiger charge is -2.30. The minimum Gasteiger partial charge on any atom is -0.483 e. The van der Waals surface area contributed by atoms with Crippen LogP contribution in [0.15, 0.2) is 12.1 Å². The molecule has 2 aliphatic heterocycles. The van der Waals surface area contributed by atoms with Gasteiger partial charge in [-0.15, -0.1) is 12.4 Å². The number of nitrogens with zero attached hydrogens (tertiary/aromatic N) is 1. The summed E-state index contributed by atoms with van der Waals surface area (Å²) in [6.45, 7) is 8.68. The first-order valence-corrected chi connectivity index (χ1v) is 10.5. The maximum atomic E-state index is 12.7. The van der Waals surface area contributed by atoms with E-state index in [1.165, 1.54) is 6.42 Å². The average molecular weight is 424 g/mol. The van der Waals surface area contributed by atoms with Crippen molar-refractivity contribution in [2.24, 2.45) is 0 Å². The quantitative estimate of drug-likeness (QED) is 0.763. The Labute approximate surface area is 180 Å². The maximum Gasteiger partial charge on any atom is 0.260 e. The van der Waals surface area contributed by atoms with Gasteiger partial charge in [0.2, 0.25) is 0 Å². The molecule has 29 heavy (non-hydrogen) atoms. The van der Waals surface area contributed by atoms with Crippen LogP contribution in [0.4, 0.5) is 0 Å². The van der Waals surface area contributed by atoms with Gasteiger partial charge in [0.15, 0.2) is 6.61 Å². The van der Waals surface area contributed by atoms with Gasteiger partial charge in [-0.25, -0.2) is 0 Å². The molecule has 0 bridgehead atoms. The van der Waals surface area contributed by atoms with Crippen molar-refractivity contribution < 1.29 is 14.3 Å². The first-order valence-electron chi connectivity index (χ1n) is 10.5. The predicted octanol–water partition coefficient (Wildman–Crippen LogP) is 2.99. The van der Waals surface area contributed by atoms with Crippen LogP contribution in [0.3, 0.4) is 0 Å². The number of piperidine rings is 2. The SMILES string of the molecule is Cc1cc(C(=O)NC2CCCNC2C)cc(C)c1OCC(=O)N1CCCCC1.Cl. The van der Waals surface area contributed by atoms with Crippen LogP contribution in [-0.4, -0.2) is 55.0 Å². The largest absolute Gasteiger partial charge is 0.483 e. The standard InChI is InChI=1S/C22H33N3O3.ClH/c1-15-12-18(22(27)24-19-8-7-9-23-17(19)3)13-16(2)21(15)28-14-20(26)25-10-5-4-6-11-25;/h12-13,17,19,23H,4-11,14H2,1-3H3,(H,24,27);1H. The van der Waals surface area contributed by atoms with E-state index in [0.717, 1.165) is 56.4 Å². The molecule has 0 saturated carbocycles. The van der Waals surface area contributed by atoms with Crippen molar-refractivity contribution in [3.05, 3.63) is 28.8 Å². The normalized spacial score (nSPS) is 21.8. The molecule has 0 spiro atoms. The number of hydrogen-bond acceptors (Lipinski definition) is 4. The third kappa shape index (κ3) is 6.09. The fourth-order valence-electron chi connectivity index (χ4n) is 4.17. The molecule has 2 unspecified atom stereocenters. The smallest absolute Gasteiger partial charge is 0.260 e. The maximum absolute atomic E-state index is 12.7. The zero-order valence-corrected chi connectivity index (χ0v) is 18.6. The molecule has 2 atom stereocenters. The number of ether oxygens (including phenoxy) is 1. The Hall–Kier alpha value is -1.79. The number of amides is 2. The van der Waals surface area contributed by atoms with Crippen molar-refractivity contribution in [2.45, 2.75) is 65.0 Å². The van der Waals surface area contributed by atoms with Gasteiger partial charge in [-0.1, -0.05) is 0 Å².